The fourth-order valence-corrected chi connectivity index (χ4v) is 2.60. The monoisotopic (exact) mass is 211 g/mol. The molecule has 0 saturated carbocycles. The minimum Gasteiger partial charge on any atom is -0.369 e. The van der Waals surface area contributed by atoms with Crippen molar-refractivity contribution in [2.45, 2.75) is 12.3 Å². The lowest BCUT2D eigenvalue weighted by atomic mass is 10.2. The lowest BCUT2D eigenvalue weighted by molar-refractivity contribution is 0.335. The highest BCUT2D eigenvalue weighted by Gasteiger charge is 2.31. The first-order chi connectivity index (χ1) is 6.77. The molecule has 14 heavy (non-hydrogen) atoms. The molecule has 3 atom stereocenters. The second-order valence-corrected chi connectivity index (χ2v) is 4.72. The number of hydrogen-bond donors (Lipinski definition) is 1. The summed E-state index contributed by atoms with van der Waals surface area (Å²) in [6.45, 7) is 2.60. The lowest BCUT2D eigenvalue weighted by Crippen LogP contribution is -2.26. The number of rotatable bonds is 2. The van der Waals surface area contributed by atoms with Gasteiger partial charge in [0.25, 0.3) is 0 Å². The number of para-hydroxylation sites is 1. The Kier molecular flexibility index (Phi) is 2.84. The van der Waals surface area contributed by atoms with Crippen molar-refractivity contribution >= 4 is 16.8 Å². The van der Waals surface area contributed by atoms with Crippen LogP contribution in [0.1, 0.15) is 6.92 Å². The Morgan fingerprint density at radius 1 is 1.43 bits per heavy atom. The van der Waals surface area contributed by atoms with Gasteiger partial charge in [0.2, 0.25) is 0 Å². The van der Waals surface area contributed by atoms with E-state index in [1.54, 1.807) is 0 Å². The average molecular weight is 211 g/mol. The van der Waals surface area contributed by atoms with Gasteiger partial charge in [-0.2, -0.15) is 0 Å². The molecule has 1 N–H and O–H groups in total. The summed E-state index contributed by atoms with van der Waals surface area (Å²) >= 11 is -1.20. The van der Waals surface area contributed by atoms with Crippen LogP contribution in [0, 0.1) is 5.92 Å². The molecule has 1 aliphatic heterocycles. The van der Waals surface area contributed by atoms with Crippen LogP contribution in [0.5, 0.6) is 0 Å². The van der Waals surface area contributed by atoms with Gasteiger partial charge in [-0.05, 0) is 12.1 Å². The normalized spacial score (nSPS) is 31.6. The highest BCUT2D eigenvalue weighted by Crippen LogP contribution is 2.22. The zero-order chi connectivity index (χ0) is 9.97. The lowest BCUT2D eigenvalue weighted by Gasteiger charge is -2.14. The van der Waals surface area contributed by atoms with Crippen LogP contribution in [0.4, 0.5) is 5.69 Å². The van der Waals surface area contributed by atoms with Crippen LogP contribution in [0.15, 0.2) is 30.3 Å². The molecule has 1 aromatic carbocycles. The molecule has 1 aliphatic rings. The summed E-state index contributed by atoms with van der Waals surface area (Å²) in [6.07, 6.45) is 0. The number of nitrogens with one attached hydrogen (secondary N) is 1. The SMILES string of the molecule is C[C@@H]1COS(=O)C1Nc1ccccc1. The van der Waals surface area contributed by atoms with Crippen LogP contribution in [-0.4, -0.2) is 16.2 Å². The summed E-state index contributed by atoms with van der Waals surface area (Å²) < 4.78 is 16.5. The van der Waals surface area contributed by atoms with E-state index in [1.165, 1.54) is 0 Å². The molecule has 1 aromatic rings. The fraction of sp³-hybridized carbons (Fsp3) is 0.400. The Bertz CT molecular complexity index is 328. The summed E-state index contributed by atoms with van der Waals surface area (Å²) in [5, 5.41) is 3.13. The summed E-state index contributed by atoms with van der Waals surface area (Å²) in [4.78, 5) is 0. The van der Waals surface area contributed by atoms with Crippen molar-refractivity contribution in [3.63, 3.8) is 0 Å². The Hall–Kier alpha value is -0.870. The standard InChI is InChI=1S/C10H13NO2S/c1-8-7-13-14(12)10(8)11-9-5-3-2-4-6-9/h2-6,8,10-11H,7H2,1H3/t8-,10?,14?/m1/s1. The number of hydrogen-bond acceptors (Lipinski definition) is 3. The minimum absolute atomic E-state index is 0.0857. The van der Waals surface area contributed by atoms with E-state index in [9.17, 15) is 4.21 Å². The maximum Gasteiger partial charge on any atom is 0.179 e. The highest BCUT2D eigenvalue weighted by molar-refractivity contribution is 7.81. The molecule has 1 saturated heterocycles. The molecule has 0 amide bonds. The van der Waals surface area contributed by atoms with Crippen molar-refractivity contribution in [2.24, 2.45) is 5.92 Å². The van der Waals surface area contributed by atoms with E-state index in [0.717, 1.165) is 5.69 Å². The minimum atomic E-state index is -1.20. The maximum atomic E-state index is 11.4. The Morgan fingerprint density at radius 3 is 2.71 bits per heavy atom. The molecular formula is C10H13NO2S. The first-order valence-corrected chi connectivity index (χ1v) is 5.76. The van der Waals surface area contributed by atoms with E-state index < -0.39 is 11.1 Å². The van der Waals surface area contributed by atoms with Crippen molar-refractivity contribution in [1.82, 2.24) is 0 Å². The van der Waals surface area contributed by atoms with Gasteiger partial charge in [-0.3, -0.25) is 4.18 Å². The predicted octanol–water partition coefficient (Wildman–Crippen LogP) is 1.75. The third-order valence-corrected chi connectivity index (χ3v) is 3.62. The summed E-state index contributed by atoms with van der Waals surface area (Å²) in [5.74, 6) is 0.288. The highest BCUT2D eigenvalue weighted by atomic mass is 32.2. The predicted molar refractivity (Wildman–Crippen MR) is 57.1 cm³/mol. The van der Waals surface area contributed by atoms with E-state index in [1.807, 2.05) is 37.3 Å². The van der Waals surface area contributed by atoms with E-state index in [0.29, 0.717) is 6.61 Å². The first kappa shape index (κ1) is 9.68. The van der Waals surface area contributed by atoms with Gasteiger partial charge in [0.1, 0.15) is 5.37 Å². The van der Waals surface area contributed by atoms with Gasteiger partial charge in [-0.15, -0.1) is 0 Å². The fourth-order valence-electron chi connectivity index (χ4n) is 1.41. The van der Waals surface area contributed by atoms with Gasteiger partial charge in [0.05, 0.1) is 6.61 Å². The van der Waals surface area contributed by atoms with Crippen molar-refractivity contribution in [3.05, 3.63) is 30.3 Å². The summed E-state index contributed by atoms with van der Waals surface area (Å²) in [7, 11) is 0. The smallest absolute Gasteiger partial charge is 0.179 e. The van der Waals surface area contributed by atoms with Gasteiger partial charge < -0.3 is 5.32 Å². The molecule has 0 bridgehead atoms. The van der Waals surface area contributed by atoms with E-state index in [4.69, 9.17) is 4.18 Å². The van der Waals surface area contributed by atoms with E-state index in [2.05, 4.69) is 5.32 Å². The topological polar surface area (TPSA) is 38.3 Å². The van der Waals surface area contributed by atoms with Gasteiger partial charge in [-0.1, -0.05) is 25.1 Å². The van der Waals surface area contributed by atoms with E-state index >= 15 is 0 Å². The zero-order valence-corrected chi connectivity index (χ0v) is 8.79. The molecule has 0 aromatic heterocycles. The van der Waals surface area contributed by atoms with Crippen LogP contribution in [-0.2, 0) is 15.3 Å². The second-order valence-electron chi connectivity index (χ2n) is 3.45. The van der Waals surface area contributed by atoms with Gasteiger partial charge in [-0.25, -0.2) is 4.21 Å². The summed E-state index contributed by atoms with van der Waals surface area (Å²) in [6, 6.07) is 9.78. The average Bonchev–Trinajstić information content (AvgIpc) is 2.51. The quantitative estimate of drug-likeness (QED) is 0.810. The third-order valence-electron chi connectivity index (χ3n) is 2.25. The van der Waals surface area contributed by atoms with Gasteiger partial charge in [0, 0.05) is 11.6 Å². The molecule has 0 spiro atoms. The van der Waals surface area contributed by atoms with Crippen molar-refractivity contribution in [1.29, 1.82) is 0 Å². The van der Waals surface area contributed by atoms with Crippen molar-refractivity contribution in [3.8, 4) is 0 Å². The van der Waals surface area contributed by atoms with Crippen molar-refractivity contribution < 1.29 is 8.39 Å². The molecule has 2 unspecified atom stereocenters. The third kappa shape index (κ3) is 1.96. The molecule has 2 rings (SSSR count). The largest absolute Gasteiger partial charge is 0.369 e. The molecule has 3 nitrogen and oxygen atoms in total. The van der Waals surface area contributed by atoms with Gasteiger partial charge >= 0.3 is 0 Å². The van der Waals surface area contributed by atoms with Crippen LogP contribution >= 0.6 is 0 Å². The van der Waals surface area contributed by atoms with Gasteiger partial charge in [0.15, 0.2) is 11.1 Å². The molecule has 1 fully saturated rings. The molecule has 76 valence electrons. The molecule has 0 aliphatic carbocycles. The molecule has 4 heteroatoms. The Morgan fingerprint density at radius 2 is 2.14 bits per heavy atom. The van der Waals surface area contributed by atoms with Crippen LogP contribution in [0.25, 0.3) is 0 Å². The van der Waals surface area contributed by atoms with Crippen molar-refractivity contribution in [2.75, 3.05) is 11.9 Å². The van der Waals surface area contributed by atoms with Crippen LogP contribution in [0.2, 0.25) is 0 Å². The molecular weight excluding hydrogens is 198 g/mol. The Balaban J connectivity index is 2.07. The number of anilines is 1. The summed E-state index contributed by atoms with van der Waals surface area (Å²) in [5.41, 5.74) is 0.989. The van der Waals surface area contributed by atoms with E-state index in [-0.39, 0.29) is 11.3 Å². The van der Waals surface area contributed by atoms with Crippen LogP contribution < -0.4 is 5.32 Å². The second kappa shape index (κ2) is 4.11. The van der Waals surface area contributed by atoms with Crippen LogP contribution in [0.3, 0.4) is 0 Å². The Labute approximate surface area is 86.1 Å². The zero-order valence-electron chi connectivity index (χ0n) is 7.97. The molecule has 0 radical (unpaired) electrons. The first-order valence-electron chi connectivity index (χ1n) is 4.63. The number of benzene rings is 1. The maximum absolute atomic E-state index is 11.4. The molecule has 1 heterocycles.